The molecular weight excluding hydrogens is 544 g/mol. The number of rotatable bonds is 8. The van der Waals surface area contributed by atoms with Crippen LogP contribution in [0.4, 0.5) is 5.69 Å². The Bertz CT molecular complexity index is 1650. The summed E-state index contributed by atoms with van der Waals surface area (Å²) >= 11 is 6.46. The number of sulfonamides is 1. The molecule has 1 heterocycles. The molecule has 9 heteroatoms. The maximum absolute atomic E-state index is 14.0. The minimum atomic E-state index is -3.70. The molecule has 2 aliphatic rings. The van der Waals surface area contributed by atoms with Gasteiger partial charge in [-0.05, 0) is 78.6 Å². The van der Waals surface area contributed by atoms with Gasteiger partial charge < -0.3 is 9.47 Å². The Kier molecular flexibility index (Phi) is 7.25. The number of amides is 1. The van der Waals surface area contributed by atoms with Crippen LogP contribution in [0.25, 0.3) is 0 Å². The van der Waals surface area contributed by atoms with Gasteiger partial charge in [0.25, 0.3) is 0 Å². The van der Waals surface area contributed by atoms with E-state index in [1.54, 1.807) is 41.4 Å². The molecular formula is C31H31ClN4O3S. The van der Waals surface area contributed by atoms with Gasteiger partial charge in [0.15, 0.2) is 0 Å². The zero-order valence-corrected chi connectivity index (χ0v) is 23.8. The Morgan fingerprint density at radius 2 is 1.85 bits per heavy atom. The maximum atomic E-state index is 14.0. The fraction of sp³-hybridized carbons (Fsp3) is 0.290. The number of imidazole rings is 1. The lowest BCUT2D eigenvalue weighted by Gasteiger charge is -2.29. The second-order valence-electron chi connectivity index (χ2n) is 10.6. The zero-order chi connectivity index (χ0) is 27.9. The number of fused-ring (bicyclic) bond motifs is 1. The minimum Gasteiger partial charge on any atom is -0.337 e. The highest BCUT2D eigenvalue weighted by atomic mass is 35.5. The lowest BCUT2D eigenvalue weighted by atomic mass is 9.87. The molecule has 0 bridgehead atoms. The molecule has 0 radical (unpaired) electrons. The van der Waals surface area contributed by atoms with Crippen molar-refractivity contribution in [1.29, 1.82) is 0 Å². The van der Waals surface area contributed by atoms with Crippen LogP contribution in [0.15, 0.2) is 90.1 Å². The van der Waals surface area contributed by atoms with Crippen LogP contribution in [0.5, 0.6) is 0 Å². The first-order valence-electron chi connectivity index (χ1n) is 13.5. The molecule has 3 atom stereocenters. The average Bonchev–Trinajstić information content (AvgIpc) is 3.65. The van der Waals surface area contributed by atoms with E-state index in [0.29, 0.717) is 18.0 Å². The van der Waals surface area contributed by atoms with Crippen molar-refractivity contribution in [2.24, 2.45) is 13.0 Å². The molecule has 0 aliphatic heterocycles. The van der Waals surface area contributed by atoms with Gasteiger partial charge in [0.2, 0.25) is 15.9 Å². The van der Waals surface area contributed by atoms with Crippen LogP contribution in [0, 0.1) is 5.92 Å². The van der Waals surface area contributed by atoms with Crippen molar-refractivity contribution in [2.75, 3.05) is 4.90 Å². The predicted octanol–water partition coefficient (Wildman–Crippen LogP) is 5.77. The van der Waals surface area contributed by atoms with Gasteiger partial charge in [0.05, 0.1) is 11.4 Å². The SMILES string of the molecule is Cn1ccnc1CN(C(=O)[C@@H]1C[C@@H]1c1ccccc1Cl)c1ccc2c(c1)[C@@H](NS(=O)(=O)c1ccccc1)CCC2. The molecule has 1 fully saturated rings. The number of aromatic nitrogens is 2. The van der Waals surface area contributed by atoms with Crippen LogP contribution in [-0.4, -0.2) is 23.9 Å². The number of anilines is 1. The average molecular weight is 575 g/mol. The Labute approximate surface area is 239 Å². The van der Waals surface area contributed by atoms with E-state index < -0.39 is 10.0 Å². The first-order valence-corrected chi connectivity index (χ1v) is 15.4. The number of nitrogens with one attached hydrogen (secondary N) is 1. The molecule has 1 saturated carbocycles. The first-order chi connectivity index (χ1) is 19.3. The van der Waals surface area contributed by atoms with Crippen molar-refractivity contribution in [1.82, 2.24) is 14.3 Å². The number of carbonyl (C=O) groups excluding carboxylic acids is 1. The van der Waals surface area contributed by atoms with Crippen molar-refractivity contribution >= 4 is 33.2 Å². The minimum absolute atomic E-state index is 0.0186. The smallest absolute Gasteiger partial charge is 0.241 e. The summed E-state index contributed by atoms with van der Waals surface area (Å²) in [5.41, 5.74) is 3.75. The molecule has 0 unspecified atom stereocenters. The Morgan fingerprint density at radius 1 is 1.07 bits per heavy atom. The van der Waals surface area contributed by atoms with Crippen LogP contribution in [0.3, 0.4) is 0 Å². The van der Waals surface area contributed by atoms with Gasteiger partial charge in [-0.1, -0.05) is 54.1 Å². The molecule has 1 aromatic heterocycles. The van der Waals surface area contributed by atoms with Gasteiger partial charge in [-0.25, -0.2) is 18.1 Å². The molecule has 2 aliphatic carbocycles. The lowest BCUT2D eigenvalue weighted by molar-refractivity contribution is -0.120. The van der Waals surface area contributed by atoms with Gasteiger partial charge in [0.1, 0.15) is 5.82 Å². The van der Waals surface area contributed by atoms with E-state index in [1.807, 2.05) is 60.3 Å². The van der Waals surface area contributed by atoms with E-state index in [0.717, 1.165) is 47.5 Å². The number of nitrogens with zero attached hydrogens (tertiary/aromatic N) is 3. The molecule has 40 heavy (non-hydrogen) atoms. The molecule has 4 aromatic rings. The standard InChI is InChI=1S/C31H31ClN4O3S/c1-35-17-16-33-30(35)20-36(31(37)27-19-26(27)24-11-5-6-12-28(24)32)22-15-14-21-8-7-13-29(25(21)18-22)34-40(38,39)23-9-3-2-4-10-23/h2-6,9-12,14-18,26-27,29,34H,7-8,13,19-20H2,1H3/t26-,27-,29+/m1/s1. The summed E-state index contributed by atoms with van der Waals surface area (Å²) in [5, 5.41) is 0.681. The second-order valence-corrected chi connectivity index (χ2v) is 12.7. The van der Waals surface area contributed by atoms with E-state index in [-0.39, 0.29) is 28.7 Å². The Hall–Kier alpha value is -3.46. The zero-order valence-electron chi connectivity index (χ0n) is 22.2. The van der Waals surface area contributed by atoms with Gasteiger partial charge in [-0.2, -0.15) is 0 Å². The van der Waals surface area contributed by atoms with Crippen LogP contribution in [0.1, 0.15) is 53.7 Å². The molecule has 1 N–H and O–H groups in total. The van der Waals surface area contributed by atoms with Gasteiger partial charge in [-0.15, -0.1) is 0 Å². The number of halogens is 1. The number of benzene rings is 3. The van der Waals surface area contributed by atoms with E-state index >= 15 is 0 Å². The van der Waals surface area contributed by atoms with E-state index in [9.17, 15) is 13.2 Å². The highest BCUT2D eigenvalue weighted by Crippen LogP contribution is 2.51. The molecule has 0 saturated heterocycles. The lowest BCUT2D eigenvalue weighted by Crippen LogP contribution is -2.34. The van der Waals surface area contributed by atoms with Crippen molar-refractivity contribution in [3.05, 3.63) is 113 Å². The van der Waals surface area contributed by atoms with Crippen molar-refractivity contribution < 1.29 is 13.2 Å². The number of carbonyl (C=O) groups is 1. The quantitative estimate of drug-likeness (QED) is 0.290. The fourth-order valence-electron chi connectivity index (χ4n) is 5.71. The summed E-state index contributed by atoms with van der Waals surface area (Å²) in [4.78, 5) is 20.5. The summed E-state index contributed by atoms with van der Waals surface area (Å²) in [6.45, 7) is 0.313. The Morgan fingerprint density at radius 3 is 2.60 bits per heavy atom. The third-order valence-electron chi connectivity index (χ3n) is 8.01. The number of hydrogen-bond acceptors (Lipinski definition) is 4. The molecule has 1 amide bonds. The Balaban J connectivity index is 1.32. The molecule has 6 rings (SSSR count). The number of hydrogen-bond donors (Lipinski definition) is 1. The van der Waals surface area contributed by atoms with Crippen LogP contribution in [0.2, 0.25) is 5.02 Å². The normalized spacial score (nSPS) is 20.1. The van der Waals surface area contributed by atoms with Gasteiger partial charge in [-0.3, -0.25) is 4.79 Å². The van der Waals surface area contributed by atoms with Crippen LogP contribution >= 0.6 is 11.6 Å². The van der Waals surface area contributed by atoms with E-state index in [2.05, 4.69) is 9.71 Å². The summed E-state index contributed by atoms with van der Waals surface area (Å²) in [6.07, 6.45) is 6.76. The van der Waals surface area contributed by atoms with E-state index in [1.165, 1.54) is 0 Å². The van der Waals surface area contributed by atoms with E-state index in [4.69, 9.17) is 11.6 Å². The molecule has 0 spiro atoms. The summed E-state index contributed by atoms with van der Waals surface area (Å²) in [6, 6.07) is 21.7. The summed E-state index contributed by atoms with van der Waals surface area (Å²) in [7, 11) is -1.79. The molecule has 7 nitrogen and oxygen atoms in total. The highest BCUT2D eigenvalue weighted by Gasteiger charge is 2.47. The maximum Gasteiger partial charge on any atom is 0.241 e. The number of aryl methyl sites for hydroxylation is 2. The highest BCUT2D eigenvalue weighted by molar-refractivity contribution is 7.89. The fourth-order valence-corrected chi connectivity index (χ4v) is 7.25. The van der Waals surface area contributed by atoms with Gasteiger partial charge in [0, 0.05) is 42.1 Å². The monoisotopic (exact) mass is 574 g/mol. The van der Waals surface area contributed by atoms with Crippen molar-refractivity contribution in [2.45, 2.75) is 49.1 Å². The van der Waals surface area contributed by atoms with Crippen LogP contribution < -0.4 is 9.62 Å². The third kappa shape index (κ3) is 5.31. The molecule has 206 valence electrons. The van der Waals surface area contributed by atoms with Gasteiger partial charge >= 0.3 is 0 Å². The summed E-state index contributed by atoms with van der Waals surface area (Å²) in [5.74, 6) is 0.684. The predicted molar refractivity (Wildman–Crippen MR) is 156 cm³/mol. The first kappa shape index (κ1) is 26.7. The largest absolute Gasteiger partial charge is 0.337 e. The van der Waals surface area contributed by atoms with Crippen molar-refractivity contribution in [3.8, 4) is 0 Å². The third-order valence-corrected chi connectivity index (χ3v) is 9.84. The molecule has 3 aromatic carbocycles. The van der Waals surface area contributed by atoms with Crippen LogP contribution in [-0.2, 0) is 34.8 Å². The topological polar surface area (TPSA) is 84.3 Å². The second kappa shape index (κ2) is 10.8. The van der Waals surface area contributed by atoms with Crippen molar-refractivity contribution in [3.63, 3.8) is 0 Å². The summed E-state index contributed by atoms with van der Waals surface area (Å²) < 4.78 is 31.2.